The van der Waals surface area contributed by atoms with Gasteiger partial charge in [-0.3, -0.25) is 0 Å². The van der Waals surface area contributed by atoms with Crippen molar-refractivity contribution >= 4 is 12.4 Å². The van der Waals surface area contributed by atoms with Crippen LogP contribution in [0.1, 0.15) is 13.8 Å². The fourth-order valence-electron chi connectivity index (χ4n) is 0. The van der Waals surface area contributed by atoms with Crippen LogP contribution >= 0.6 is 12.4 Å². The quantitative estimate of drug-likeness (QED) is 0.608. The number of allylic oxidation sites excluding steroid dienone is 1. The molecule has 0 atom stereocenters. The lowest BCUT2D eigenvalue weighted by atomic mass is 10.8. The Bertz CT molecular complexity index is 161. The van der Waals surface area contributed by atoms with E-state index < -0.39 is 0 Å². The number of halogens is 1. The summed E-state index contributed by atoms with van der Waals surface area (Å²) >= 11 is 0. The minimum Gasteiger partial charge on any atom is -0.400 e. The molecule has 0 rings (SSSR count). The molecule has 1 N–H and O–H groups in total. The van der Waals surface area contributed by atoms with Crippen LogP contribution in [0.3, 0.4) is 0 Å². The van der Waals surface area contributed by atoms with Crippen LogP contribution in [0.4, 0.5) is 0 Å². The number of nitriles is 3. The zero-order valence-electron chi connectivity index (χ0n) is 7.98. The van der Waals surface area contributed by atoms with Crippen LogP contribution in [0.25, 0.3) is 0 Å². The van der Waals surface area contributed by atoms with Gasteiger partial charge in [-0.25, -0.2) is 0 Å². The van der Waals surface area contributed by atoms with Crippen LogP contribution in [-0.4, -0.2) is 12.2 Å². The molecule has 5 heteroatoms. The first kappa shape index (κ1) is 30.0. The van der Waals surface area contributed by atoms with Crippen molar-refractivity contribution in [3.05, 3.63) is 12.7 Å². The molecule has 0 heterocycles. The SMILES string of the molecule is C=CC#N.CC#N.CC#N.CO.Cl. The van der Waals surface area contributed by atoms with E-state index in [1.54, 1.807) is 18.2 Å². The Hall–Kier alpha value is -1.54. The Balaban J connectivity index is -0.0000000220. The minimum absolute atomic E-state index is 0. The smallest absolute Gasteiger partial charge is 0.0905 e. The van der Waals surface area contributed by atoms with Gasteiger partial charge < -0.3 is 5.11 Å². The Labute approximate surface area is 85.7 Å². The summed E-state index contributed by atoms with van der Waals surface area (Å²) in [4.78, 5) is 0. The van der Waals surface area contributed by atoms with Gasteiger partial charge in [0.15, 0.2) is 0 Å². The molecule has 4 nitrogen and oxygen atoms in total. The third-order valence-electron chi connectivity index (χ3n) is 0.0913. The van der Waals surface area contributed by atoms with Crippen LogP contribution in [0, 0.1) is 34.0 Å². The first-order chi connectivity index (χ1) is 5.74. The second-order valence-electron chi connectivity index (χ2n) is 0.780. The fraction of sp³-hybridized carbons (Fsp3) is 0.375. The molecule has 0 aromatic heterocycles. The third-order valence-corrected chi connectivity index (χ3v) is 0.0913. The molecule has 0 aliphatic carbocycles. The molecule has 0 unspecified atom stereocenters. The highest BCUT2D eigenvalue weighted by Crippen LogP contribution is 1.41. The molecule has 0 bridgehead atoms. The highest BCUT2D eigenvalue weighted by Gasteiger charge is 1.34. The Kier molecular flexibility index (Phi) is 358. The molecule has 0 saturated carbocycles. The molecule has 13 heavy (non-hydrogen) atoms. The van der Waals surface area contributed by atoms with Gasteiger partial charge in [0.2, 0.25) is 0 Å². The predicted octanol–water partition coefficient (Wildman–Crippen LogP) is 1.79. The van der Waals surface area contributed by atoms with Crippen molar-refractivity contribution in [1.82, 2.24) is 0 Å². The molecule has 0 aromatic rings. The second kappa shape index (κ2) is 155. The molecule has 0 aliphatic rings. The number of aliphatic hydroxyl groups is 1. The molecule has 0 amide bonds. The maximum absolute atomic E-state index is 7.51. The Morgan fingerprint density at radius 2 is 1.15 bits per heavy atom. The van der Waals surface area contributed by atoms with E-state index in [9.17, 15) is 0 Å². The highest BCUT2D eigenvalue weighted by atomic mass is 35.5. The van der Waals surface area contributed by atoms with Gasteiger partial charge >= 0.3 is 0 Å². The van der Waals surface area contributed by atoms with Crippen molar-refractivity contribution in [2.24, 2.45) is 0 Å². The number of hydrogen-bond acceptors (Lipinski definition) is 4. The number of aliphatic hydroxyl groups excluding tert-OH is 1. The Morgan fingerprint density at radius 3 is 1.15 bits per heavy atom. The van der Waals surface area contributed by atoms with E-state index in [-0.39, 0.29) is 12.4 Å². The van der Waals surface area contributed by atoms with Crippen molar-refractivity contribution in [1.29, 1.82) is 15.8 Å². The van der Waals surface area contributed by atoms with Gasteiger partial charge in [-0.15, -0.1) is 12.4 Å². The Morgan fingerprint density at radius 1 is 1.08 bits per heavy atom. The summed E-state index contributed by atoms with van der Waals surface area (Å²) in [6.07, 6.45) is 1.18. The van der Waals surface area contributed by atoms with Gasteiger partial charge in [0.25, 0.3) is 0 Å². The maximum Gasteiger partial charge on any atom is 0.0905 e. The summed E-state index contributed by atoms with van der Waals surface area (Å²) in [7, 11) is 1.00. The minimum atomic E-state index is 0. The first-order valence-corrected chi connectivity index (χ1v) is 2.81. The average molecular weight is 204 g/mol. The summed E-state index contributed by atoms with van der Waals surface area (Å²) in [6, 6.07) is 5.19. The lowest BCUT2D eigenvalue weighted by molar-refractivity contribution is 0.399. The molecule has 0 saturated heterocycles. The van der Waals surface area contributed by atoms with E-state index in [2.05, 4.69) is 6.58 Å². The van der Waals surface area contributed by atoms with Crippen molar-refractivity contribution in [2.75, 3.05) is 7.11 Å². The van der Waals surface area contributed by atoms with Gasteiger partial charge in [-0.05, 0) is 0 Å². The monoisotopic (exact) mass is 203 g/mol. The van der Waals surface area contributed by atoms with Gasteiger partial charge in [0, 0.05) is 27.0 Å². The van der Waals surface area contributed by atoms with Crippen LogP contribution in [0.5, 0.6) is 0 Å². The van der Waals surface area contributed by atoms with E-state index in [0.717, 1.165) is 7.11 Å². The molecule has 0 aliphatic heterocycles. The van der Waals surface area contributed by atoms with E-state index in [1.807, 2.05) is 0 Å². The van der Waals surface area contributed by atoms with Crippen molar-refractivity contribution < 1.29 is 5.11 Å². The van der Waals surface area contributed by atoms with E-state index >= 15 is 0 Å². The normalized spacial score (nSPS) is 2.85. The highest BCUT2D eigenvalue weighted by molar-refractivity contribution is 5.85. The third kappa shape index (κ3) is 2570. The average Bonchev–Trinajstić information content (AvgIpc) is 2.10. The number of nitrogens with zero attached hydrogens (tertiary/aromatic N) is 3. The van der Waals surface area contributed by atoms with Crippen molar-refractivity contribution in [3.8, 4) is 18.2 Å². The van der Waals surface area contributed by atoms with Crippen LogP contribution < -0.4 is 0 Å². The van der Waals surface area contributed by atoms with Crippen LogP contribution in [-0.2, 0) is 0 Å². The standard InChI is InChI=1S/C3H3N.2C2H3N.CH4O.ClH/c1-2-3-4;2*1-2-3;1-2;/h2H,1H2;2*1H3;2H,1H3;1H. The summed E-state index contributed by atoms with van der Waals surface area (Å²) in [6.45, 7) is 5.98. The molecule has 0 fully saturated rings. The van der Waals surface area contributed by atoms with E-state index in [0.29, 0.717) is 0 Å². The lowest BCUT2D eigenvalue weighted by Gasteiger charge is -1.31. The fourth-order valence-corrected chi connectivity index (χ4v) is 0. The number of hydrogen-bond donors (Lipinski definition) is 1. The van der Waals surface area contributed by atoms with Gasteiger partial charge in [0.05, 0.1) is 18.2 Å². The number of rotatable bonds is 0. The molecular formula is C8H14ClN3O. The zero-order chi connectivity index (χ0) is 10.8. The van der Waals surface area contributed by atoms with E-state index in [4.69, 9.17) is 20.9 Å². The summed E-state index contributed by atoms with van der Waals surface area (Å²) < 4.78 is 0. The van der Waals surface area contributed by atoms with Crippen LogP contribution in [0.2, 0.25) is 0 Å². The van der Waals surface area contributed by atoms with Gasteiger partial charge in [-0.2, -0.15) is 15.8 Å². The molecular weight excluding hydrogens is 190 g/mol. The van der Waals surface area contributed by atoms with Crippen LogP contribution in [0.15, 0.2) is 12.7 Å². The summed E-state index contributed by atoms with van der Waals surface area (Å²) in [5, 5.41) is 29.1. The molecule has 74 valence electrons. The van der Waals surface area contributed by atoms with Gasteiger partial charge in [-0.1, -0.05) is 6.58 Å². The summed E-state index contributed by atoms with van der Waals surface area (Å²) in [5.41, 5.74) is 0. The second-order valence-corrected chi connectivity index (χ2v) is 0.780. The topological polar surface area (TPSA) is 91.6 Å². The molecule has 0 radical (unpaired) electrons. The van der Waals surface area contributed by atoms with Crippen molar-refractivity contribution in [3.63, 3.8) is 0 Å². The predicted molar refractivity (Wildman–Crippen MR) is 53.8 cm³/mol. The van der Waals surface area contributed by atoms with Crippen molar-refractivity contribution in [2.45, 2.75) is 13.8 Å². The largest absolute Gasteiger partial charge is 0.400 e. The molecule has 0 aromatic carbocycles. The lowest BCUT2D eigenvalue weighted by Crippen LogP contribution is -1.25. The molecule has 0 spiro atoms. The zero-order valence-corrected chi connectivity index (χ0v) is 8.80. The van der Waals surface area contributed by atoms with Gasteiger partial charge in [0.1, 0.15) is 0 Å². The summed E-state index contributed by atoms with van der Waals surface area (Å²) in [5.74, 6) is 0. The maximum atomic E-state index is 7.51. The van der Waals surface area contributed by atoms with E-state index in [1.165, 1.54) is 19.9 Å². The first-order valence-electron chi connectivity index (χ1n) is 2.81.